The van der Waals surface area contributed by atoms with E-state index in [1.165, 1.54) is 6.42 Å². The van der Waals surface area contributed by atoms with E-state index < -0.39 is 0 Å². The molecule has 1 fully saturated rings. The Balaban J connectivity index is 2.13. The Kier molecular flexibility index (Phi) is 5.67. The summed E-state index contributed by atoms with van der Waals surface area (Å²) < 4.78 is 11.4. The number of hydrogen-bond donors (Lipinski definition) is 0. The molecule has 0 radical (unpaired) electrons. The predicted octanol–water partition coefficient (Wildman–Crippen LogP) is 3.49. The van der Waals surface area contributed by atoms with Crippen LogP contribution in [0.25, 0.3) is 6.08 Å². The number of halogens is 1. The summed E-state index contributed by atoms with van der Waals surface area (Å²) in [5.41, 5.74) is 0.893. The van der Waals surface area contributed by atoms with E-state index in [2.05, 4.69) is 15.9 Å². The maximum Gasteiger partial charge on any atom is 0.246 e. The molecule has 1 aliphatic heterocycles. The first-order valence-corrected chi connectivity index (χ1v) is 7.83. The molecule has 0 bridgehead atoms. The van der Waals surface area contributed by atoms with Crippen molar-refractivity contribution < 1.29 is 14.3 Å². The molecule has 0 spiro atoms. The van der Waals surface area contributed by atoms with E-state index in [0.717, 1.165) is 36.0 Å². The topological polar surface area (TPSA) is 38.8 Å². The Bertz CT molecular complexity index is 537. The average molecular weight is 354 g/mol. The number of nitrogens with zero attached hydrogens (tertiary/aromatic N) is 1. The monoisotopic (exact) mass is 353 g/mol. The van der Waals surface area contributed by atoms with Crippen LogP contribution < -0.4 is 9.47 Å². The molecule has 1 aromatic rings. The summed E-state index contributed by atoms with van der Waals surface area (Å²) in [4.78, 5) is 14.0. The zero-order valence-corrected chi connectivity index (χ0v) is 14.0. The third-order valence-corrected chi connectivity index (χ3v) is 4.13. The maximum absolute atomic E-state index is 12.1. The van der Waals surface area contributed by atoms with Gasteiger partial charge < -0.3 is 14.4 Å². The van der Waals surface area contributed by atoms with Crippen molar-refractivity contribution in [3.8, 4) is 11.5 Å². The molecule has 0 saturated carbocycles. The van der Waals surface area contributed by atoms with Crippen LogP contribution >= 0.6 is 15.9 Å². The molecule has 5 heteroatoms. The molecule has 1 heterocycles. The number of rotatable bonds is 4. The molecule has 0 aromatic heterocycles. The highest BCUT2D eigenvalue weighted by molar-refractivity contribution is 9.10. The van der Waals surface area contributed by atoms with Gasteiger partial charge in [0, 0.05) is 19.2 Å². The lowest BCUT2D eigenvalue weighted by Gasteiger charge is -2.25. The lowest BCUT2D eigenvalue weighted by molar-refractivity contribution is -0.126. The van der Waals surface area contributed by atoms with Crippen molar-refractivity contribution in [1.82, 2.24) is 4.90 Å². The minimum Gasteiger partial charge on any atom is -0.493 e. The van der Waals surface area contributed by atoms with Gasteiger partial charge in [-0.2, -0.15) is 0 Å². The highest BCUT2D eigenvalue weighted by Gasteiger charge is 2.14. The second kappa shape index (κ2) is 7.50. The van der Waals surface area contributed by atoms with Gasteiger partial charge in [0.15, 0.2) is 11.5 Å². The van der Waals surface area contributed by atoms with Gasteiger partial charge in [-0.1, -0.05) is 0 Å². The molecular weight excluding hydrogens is 334 g/mol. The third kappa shape index (κ3) is 4.00. The molecule has 21 heavy (non-hydrogen) atoms. The Morgan fingerprint density at radius 2 is 1.90 bits per heavy atom. The summed E-state index contributed by atoms with van der Waals surface area (Å²) in [6.45, 7) is 1.72. The van der Waals surface area contributed by atoms with E-state index in [4.69, 9.17) is 9.47 Å². The molecule has 0 unspecified atom stereocenters. The number of ether oxygens (including phenoxy) is 2. The summed E-state index contributed by atoms with van der Waals surface area (Å²) in [5.74, 6) is 1.36. The van der Waals surface area contributed by atoms with Crippen molar-refractivity contribution in [2.75, 3.05) is 27.3 Å². The van der Waals surface area contributed by atoms with Crippen LogP contribution in [0.15, 0.2) is 22.7 Å². The lowest BCUT2D eigenvalue weighted by Crippen LogP contribution is -2.34. The van der Waals surface area contributed by atoms with E-state index in [0.29, 0.717) is 11.5 Å². The molecule has 1 aromatic carbocycles. The largest absolute Gasteiger partial charge is 0.493 e. The zero-order valence-electron chi connectivity index (χ0n) is 12.4. The van der Waals surface area contributed by atoms with Gasteiger partial charge in [-0.25, -0.2) is 0 Å². The van der Waals surface area contributed by atoms with Crippen molar-refractivity contribution >= 4 is 27.9 Å². The van der Waals surface area contributed by atoms with E-state index in [9.17, 15) is 4.79 Å². The minimum absolute atomic E-state index is 0.0700. The number of piperidine rings is 1. The van der Waals surface area contributed by atoms with Gasteiger partial charge in [-0.05, 0) is 59.0 Å². The third-order valence-electron chi connectivity index (χ3n) is 3.54. The van der Waals surface area contributed by atoms with Crippen molar-refractivity contribution in [3.63, 3.8) is 0 Å². The zero-order chi connectivity index (χ0) is 15.2. The fourth-order valence-corrected chi connectivity index (χ4v) is 3.04. The fourth-order valence-electron chi connectivity index (χ4n) is 2.42. The van der Waals surface area contributed by atoms with Gasteiger partial charge in [-0.3, -0.25) is 4.79 Å². The number of carbonyl (C=O) groups is 1. The summed E-state index contributed by atoms with van der Waals surface area (Å²) >= 11 is 3.45. The first kappa shape index (κ1) is 15.9. The highest BCUT2D eigenvalue weighted by Crippen LogP contribution is 2.36. The van der Waals surface area contributed by atoms with Crippen LogP contribution in [0.4, 0.5) is 0 Å². The molecule has 4 nitrogen and oxygen atoms in total. The number of likely N-dealkylation sites (tertiary alicyclic amines) is 1. The van der Waals surface area contributed by atoms with Gasteiger partial charge >= 0.3 is 0 Å². The molecular formula is C16H20BrNO3. The number of methoxy groups -OCH3 is 2. The normalized spacial score (nSPS) is 15.3. The molecule has 114 valence electrons. The molecule has 2 rings (SSSR count). The van der Waals surface area contributed by atoms with Gasteiger partial charge in [0.1, 0.15) is 0 Å². The molecule has 1 aliphatic rings. The minimum atomic E-state index is 0.0700. The van der Waals surface area contributed by atoms with Gasteiger partial charge in [0.25, 0.3) is 0 Å². The van der Waals surface area contributed by atoms with Crippen molar-refractivity contribution in [2.45, 2.75) is 19.3 Å². The standard InChI is InChI=1S/C16H20BrNO3/c1-20-14-11-12(10-13(17)16(14)21-2)6-7-15(19)18-8-4-3-5-9-18/h6-7,10-11H,3-5,8-9H2,1-2H3/b7-6+. The lowest BCUT2D eigenvalue weighted by atomic mass is 10.1. The fraction of sp³-hybridized carbons (Fsp3) is 0.438. The summed E-state index contributed by atoms with van der Waals surface area (Å²) in [7, 11) is 3.19. The van der Waals surface area contributed by atoms with Crippen LogP contribution in [0, 0.1) is 0 Å². The number of carbonyl (C=O) groups excluding carboxylic acids is 1. The van der Waals surface area contributed by atoms with Crippen LogP contribution in [0.2, 0.25) is 0 Å². The van der Waals surface area contributed by atoms with E-state index in [1.807, 2.05) is 23.1 Å². The van der Waals surface area contributed by atoms with Crippen LogP contribution in [0.1, 0.15) is 24.8 Å². The van der Waals surface area contributed by atoms with Crippen molar-refractivity contribution in [1.29, 1.82) is 0 Å². The van der Waals surface area contributed by atoms with Crippen molar-refractivity contribution in [3.05, 3.63) is 28.2 Å². The van der Waals surface area contributed by atoms with E-state index >= 15 is 0 Å². The smallest absolute Gasteiger partial charge is 0.246 e. The molecule has 0 aliphatic carbocycles. The van der Waals surface area contributed by atoms with Gasteiger partial charge in [-0.15, -0.1) is 0 Å². The molecule has 0 N–H and O–H groups in total. The number of hydrogen-bond acceptors (Lipinski definition) is 3. The maximum atomic E-state index is 12.1. The second-order valence-corrected chi connectivity index (χ2v) is 5.81. The average Bonchev–Trinajstić information content (AvgIpc) is 2.52. The van der Waals surface area contributed by atoms with Crippen LogP contribution in [0.5, 0.6) is 11.5 Å². The van der Waals surface area contributed by atoms with Gasteiger partial charge in [0.05, 0.1) is 18.7 Å². The number of amides is 1. The first-order chi connectivity index (χ1) is 10.2. The molecule has 1 amide bonds. The van der Waals surface area contributed by atoms with Crippen LogP contribution in [0.3, 0.4) is 0 Å². The second-order valence-electron chi connectivity index (χ2n) is 4.96. The summed E-state index contributed by atoms with van der Waals surface area (Å²) in [6, 6.07) is 3.75. The van der Waals surface area contributed by atoms with Crippen LogP contribution in [-0.4, -0.2) is 38.1 Å². The summed E-state index contributed by atoms with van der Waals surface area (Å²) in [6.07, 6.45) is 6.85. The molecule has 1 saturated heterocycles. The van der Waals surface area contributed by atoms with Gasteiger partial charge in [0.2, 0.25) is 5.91 Å². The Labute approximate surface area is 133 Å². The summed E-state index contributed by atoms with van der Waals surface area (Å²) in [5, 5.41) is 0. The van der Waals surface area contributed by atoms with E-state index in [1.54, 1.807) is 20.3 Å². The highest BCUT2D eigenvalue weighted by atomic mass is 79.9. The molecule has 0 atom stereocenters. The quantitative estimate of drug-likeness (QED) is 0.777. The van der Waals surface area contributed by atoms with E-state index in [-0.39, 0.29) is 5.91 Å². The predicted molar refractivity (Wildman–Crippen MR) is 86.7 cm³/mol. The first-order valence-electron chi connectivity index (χ1n) is 7.04. The Hall–Kier alpha value is -1.49. The SMILES string of the molecule is COc1cc(/C=C/C(=O)N2CCCCC2)cc(Br)c1OC. The van der Waals surface area contributed by atoms with Crippen molar-refractivity contribution in [2.24, 2.45) is 0 Å². The Morgan fingerprint density at radius 1 is 1.19 bits per heavy atom. The number of benzene rings is 1. The Morgan fingerprint density at radius 3 is 2.52 bits per heavy atom. The van der Waals surface area contributed by atoms with Crippen LogP contribution in [-0.2, 0) is 4.79 Å².